The molecule has 1 aromatic carbocycles. The number of sulfonamides is 1. The Morgan fingerprint density at radius 1 is 1.38 bits per heavy atom. The molecule has 0 saturated carbocycles. The average molecular weight is 403 g/mol. The maximum atomic E-state index is 12.7. The minimum Gasteiger partial charge on any atom is -0.495 e. The Morgan fingerprint density at radius 2 is 2.08 bits per heavy atom. The second-order valence-corrected chi connectivity index (χ2v) is 9.32. The van der Waals surface area contributed by atoms with Crippen molar-refractivity contribution in [3.63, 3.8) is 0 Å². The standard InChI is InChI=1S/C17H26N2O5S2/c1-4-13(2)25-12-17(20)18-15-6-5-14(11-16(15)23-3)26(21,22)19-7-9-24-10-8-19/h5-6,11,13H,4,7-10,12H2,1-3H3,(H,18,20)/t13-/m0/s1. The van der Waals surface area contributed by atoms with Crippen molar-refractivity contribution in [3.8, 4) is 5.75 Å². The molecule has 1 aliphatic heterocycles. The van der Waals surface area contributed by atoms with Crippen molar-refractivity contribution in [3.05, 3.63) is 18.2 Å². The van der Waals surface area contributed by atoms with E-state index >= 15 is 0 Å². The molecule has 1 heterocycles. The summed E-state index contributed by atoms with van der Waals surface area (Å²) in [7, 11) is -2.16. The zero-order valence-corrected chi connectivity index (χ0v) is 17.0. The molecule has 1 fully saturated rings. The molecular weight excluding hydrogens is 376 g/mol. The zero-order chi connectivity index (χ0) is 19.2. The molecule has 1 N–H and O–H groups in total. The van der Waals surface area contributed by atoms with Crippen LogP contribution in [0.1, 0.15) is 20.3 Å². The highest BCUT2D eigenvalue weighted by molar-refractivity contribution is 8.00. The summed E-state index contributed by atoms with van der Waals surface area (Å²) in [6, 6.07) is 4.50. The quantitative estimate of drug-likeness (QED) is 0.717. The summed E-state index contributed by atoms with van der Waals surface area (Å²) in [5.41, 5.74) is 0.461. The van der Waals surface area contributed by atoms with Crippen LogP contribution < -0.4 is 10.1 Å². The molecule has 9 heteroatoms. The fraction of sp³-hybridized carbons (Fsp3) is 0.588. The number of morpholine rings is 1. The first-order valence-electron chi connectivity index (χ1n) is 8.56. The second-order valence-electron chi connectivity index (χ2n) is 5.96. The Hall–Kier alpha value is -1.29. The van der Waals surface area contributed by atoms with E-state index in [-0.39, 0.29) is 10.8 Å². The Bertz CT molecular complexity index is 718. The van der Waals surface area contributed by atoms with Gasteiger partial charge in [0.1, 0.15) is 5.75 Å². The van der Waals surface area contributed by atoms with Gasteiger partial charge in [0, 0.05) is 24.4 Å². The van der Waals surface area contributed by atoms with Crippen LogP contribution in [0.5, 0.6) is 5.75 Å². The lowest BCUT2D eigenvalue weighted by Crippen LogP contribution is -2.40. The fourth-order valence-electron chi connectivity index (χ4n) is 2.39. The molecule has 0 bridgehead atoms. The molecule has 26 heavy (non-hydrogen) atoms. The number of rotatable bonds is 8. The molecule has 1 amide bonds. The average Bonchev–Trinajstić information content (AvgIpc) is 2.66. The first-order valence-corrected chi connectivity index (χ1v) is 11.0. The molecule has 0 radical (unpaired) electrons. The Labute approximate surface area is 159 Å². The third kappa shape index (κ3) is 5.35. The van der Waals surface area contributed by atoms with Crippen molar-refractivity contribution in [2.24, 2.45) is 0 Å². The number of carbonyl (C=O) groups is 1. The predicted octanol–water partition coefficient (Wildman–Crippen LogP) is 2.19. The van der Waals surface area contributed by atoms with E-state index in [1.54, 1.807) is 17.8 Å². The van der Waals surface area contributed by atoms with Gasteiger partial charge in [-0.15, -0.1) is 11.8 Å². The molecule has 7 nitrogen and oxygen atoms in total. The highest BCUT2D eigenvalue weighted by Gasteiger charge is 2.27. The number of nitrogens with one attached hydrogen (secondary N) is 1. The van der Waals surface area contributed by atoms with Gasteiger partial charge >= 0.3 is 0 Å². The summed E-state index contributed by atoms with van der Waals surface area (Å²) in [6.45, 7) is 5.58. The van der Waals surface area contributed by atoms with Crippen LogP contribution in [0.15, 0.2) is 23.1 Å². The minimum atomic E-state index is -3.61. The van der Waals surface area contributed by atoms with Gasteiger partial charge < -0.3 is 14.8 Å². The monoisotopic (exact) mass is 402 g/mol. The van der Waals surface area contributed by atoms with Crippen LogP contribution in [0, 0.1) is 0 Å². The number of anilines is 1. The number of amides is 1. The van der Waals surface area contributed by atoms with Gasteiger partial charge in [-0.1, -0.05) is 13.8 Å². The third-order valence-corrected chi connectivity index (χ3v) is 7.35. The van der Waals surface area contributed by atoms with Crippen molar-refractivity contribution in [1.82, 2.24) is 4.31 Å². The Kier molecular flexibility index (Phi) is 7.75. The number of carbonyl (C=O) groups excluding carboxylic acids is 1. The van der Waals surface area contributed by atoms with Gasteiger partial charge in [0.05, 0.1) is 36.7 Å². The van der Waals surface area contributed by atoms with E-state index in [1.165, 1.54) is 23.5 Å². The van der Waals surface area contributed by atoms with Crippen LogP contribution >= 0.6 is 11.8 Å². The van der Waals surface area contributed by atoms with Gasteiger partial charge in [0.25, 0.3) is 0 Å². The molecule has 1 saturated heterocycles. The van der Waals surface area contributed by atoms with Crippen molar-refractivity contribution in [1.29, 1.82) is 0 Å². The molecule has 1 aromatic rings. The lowest BCUT2D eigenvalue weighted by Gasteiger charge is -2.26. The van der Waals surface area contributed by atoms with Crippen LogP contribution in [-0.2, 0) is 19.6 Å². The van der Waals surface area contributed by atoms with Crippen molar-refractivity contribution in [2.75, 3.05) is 44.5 Å². The largest absolute Gasteiger partial charge is 0.495 e. The molecule has 0 unspecified atom stereocenters. The van der Waals surface area contributed by atoms with Crippen LogP contribution in [0.3, 0.4) is 0 Å². The van der Waals surface area contributed by atoms with E-state index in [4.69, 9.17) is 9.47 Å². The summed E-state index contributed by atoms with van der Waals surface area (Å²) in [6.07, 6.45) is 0.995. The lowest BCUT2D eigenvalue weighted by atomic mass is 10.3. The van der Waals surface area contributed by atoms with Crippen LogP contribution in [0.25, 0.3) is 0 Å². The smallest absolute Gasteiger partial charge is 0.243 e. The number of thioether (sulfide) groups is 1. The van der Waals surface area contributed by atoms with Crippen molar-refractivity contribution < 1.29 is 22.7 Å². The van der Waals surface area contributed by atoms with Crippen molar-refractivity contribution >= 4 is 33.4 Å². The topological polar surface area (TPSA) is 84.9 Å². The number of methoxy groups -OCH3 is 1. The maximum absolute atomic E-state index is 12.7. The SMILES string of the molecule is CC[C@H](C)SCC(=O)Nc1ccc(S(=O)(=O)N2CCOCC2)cc1OC. The van der Waals surface area contributed by atoms with E-state index in [1.807, 2.05) is 0 Å². The summed E-state index contributed by atoms with van der Waals surface area (Å²) >= 11 is 1.58. The van der Waals surface area contributed by atoms with Crippen molar-refractivity contribution in [2.45, 2.75) is 30.4 Å². The minimum absolute atomic E-state index is 0.141. The third-order valence-electron chi connectivity index (χ3n) is 4.13. The molecule has 146 valence electrons. The fourth-order valence-corrected chi connectivity index (χ4v) is 4.56. The molecule has 0 aliphatic carbocycles. The van der Waals surface area contributed by atoms with Gasteiger partial charge in [-0.3, -0.25) is 4.79 Å². The highest BCUT2D eigenvalue weighted by Crippen LogP contribution is 2.29. The molecule has 0 aromatic heterocycles. The van der Waals surface area contributed by atoms with Gasteiger partial charge in [-0.25, -0.2) is 8.42 Å². The van der Waals surface area contributed by atoms with E-state index in [9.17, 15) is 13.2 Å². The van der Waals surface area contributed by atoms with E-state index < -0.39 is 10.0 Å². The number of nitrogens with zero attached hydrogens (tertiary/aromatic N) is 1. The molecular formula is C17H26N2O5S2. The zero-order valence-electron chi connectivity index (χ0n) is 15.4. The molecule has 0 spiro atoms. The first-order chi connectivity index (χ1) is 12.4. The number of hydrogen-bond donors (Lipinski definition) is 1. The normalized spacial score (nSPS) is 16.9. The lowest BCUT2D eigenvalue weighted by molar-refractivity contribution is -0.113. The van der Waals surface area contributed by atoms with Crippen LogP contribution in [0.4, 0.5) is 5.69 Å². The molecule has 1 aliphatic rings. The number of hydrogen-bond acceptors (Lipinski definition) is 6. The summed E-state index contributed by atoms with van der Waals surface area (Å²) in [4.78, 5) is 12.2. The molecule has 1 atom stereocenters. The predicted molar refractivity (Wildman–Crippen MR) is 103 cm³/mol. The van der Waals surface area contributed by atoms with Gasteiger partial charge in [-0.05, 0) is 18.6 Å². The Morgan fingerprint density at radius 3 is 2.69 bits per heavy atom. The van der Waals surface area contributed by atoms with E-state index in [2.05, 4.69) is 19.2 Å². The number of benzene rings is 1. The van der Waals surface area contributed by atoms with E-state index in [0.29, 0.717) is 48.7 Å². The van der Waals surface area contributed by atoms with Gasteiger partial charge in [-0.2, -0.15) is 4.31 Å². The molecule has 2 rings (SSSR count). The summed E-state index contributed by atoms with van der Waals surface area (Å²) in [5.74, 6) is 0.519. The maximum Gasteiger partial charge on any atom is 0.243 e. The Balaban J connectivity index is 2.12. The van der Waals surface area contributed by atoms with Crippen LogP contribution in [-0.4, -0.2) is 63.0 Å². The van der Waals surface area contributed by atoms with Gasteiger partial charge in [0.15, 0.2) is 0 Å². The highest BCUT2D eigenvalue weighted by atomic mass is 32.2. The van der Waals surface area contributed by atoms with E-state index in [0.717, 1.165) is 6.42 Å². The van der Waals surface area contributed by atoms with Crippen LogP contribution in [0.2, 0.25) is 0 Å². The summed E-state index contributed by atoms with van der Waals surface area (Å²) < 4.78 is 37.3. The second kappa shape index (κ2) is 9.59. The summed E-state index contributed by atoms with van der Waals surface area (Å²) in [5, 5.41) is 3.19. The first kappa shape index (κ1) is 21.0. The van der Waals surface area contributed by atoms with Gasteiger partial charge in [0.2, 0.25) is 15.9 Å². The number of ether oxygens (including phenoxy) is 2.